The van der Waals surface area contributed by atoms with Gasteiger partial charge in [0.2, 0.25) is 0 Å². The van der Waals surface area contributed by atoms with Gasteiger partial charge in [0.1, 0.15) is 6.10 Å². The lowest BCUT2D eigenvalue weighted by molar-refractivity contribution is 0.416. The van der Waals surface area contributed by atoms with Crippen LogP contribution >= 0.6 is 0 Å². The molecule has 1 fully saturated rings. The lowest BCUT2D eigenvalue weighted by Gasteiger charge is -2.08. The van der Waals surface area contributed by atoms with Crippen LogP contribution in [0.5, 0.6) is 0 Å². The molecular weight excluding hydrogens is 190 g/mol. The summed E-state index contributed by atoms with van der Waals surface area (Å²) in [5.41, 5.74) is 2.14. The Bertz CT molecular complexity index is 582. The number of fused-ring (bicyclic) bond motifs is 1. The summed E-state index contributed by atoms with van der Waals surface area (Å²) in [6.45, 7) is 0.766. The van der Waals surface area contributed by atoms with Crippen molar-refractivity contribution >= 4 is 10.9 Å². The van der Waals surface area contributed by atoms with Crippen molar-refractivity contribution in [1.29, 1.82) is 0 Å². The minimum Gasteiger partial charge on any atom is -0.368 e. The topological polar surface area (TPSA) is 34.5 Å². The van der Waals surface area contributed by atoms with Gasteiger partial charge in [-0.2, -0.15) is 0 Å². The van der Waals surface area contributed by atoms with Crippen LogP contribution in [0.2, 0.25) is 0 Å². The second kappa shape index (κ2) is 2.94. The summed E-state index contributed by atoms with van der Waals surface area (Å²) < 4.78 is 6.97. The van der Waals surface area contributed by atoms with Crippen LogP contribution in [0.4, 0.5) is 0 Å². The van der Waals surface area contributed by atoms with Crippen LogP contribution < -0.4 is 5.56 Å². The molecule has 2 aromatic rings. The van der Waals surface area contributed by atoms with Crippen molar-refractivity contribution in [2.24, 2.45) is 7.05 Å². The van der Waals surface area contributed by atoms with E-state index in [0.29, 0.717) is 0 Å². The van der Waals surface area contributed by atoms with E-state index < -0.39 is 0 Å². The van der Waals surface area contributed by atoms with E-state index in [-0.39, 0.29) is 11.7 Å². The fourth-order valence-electron chi connectivity index (χ4n) is 1.97. The van der Waals surface area contributed by atoms with Gasteiger partial charge in [0.05, 0.1) is 12.1 Å². The number of aromatic nitrogens is 1. The smallest absolute Gasteiger partial charge is 0.250 e. The number of hydrogen-bond acceptors (Lipinski definition) is 2. The van der Waals surface area contributed by atoms with Crippen molar-refractivity contribution in [3.05, 3.63) is 46.2 Å². The van der Waals surface area contributed by atoms with Crippen molar-refractivity contribution in [2.75, 3.05) is 6.61 Å². The maximum Gasteiger partial charge on any atom is 0.250 e. The summed E-state index contributed by atoms with van der Waals surface area (Å²) in [5.74, 6) is 0. The number of benzene rings is 1. The van der Waals surface area contributed by atoms with Crippen LogP contribution in [0.25, 0.3) is 10.9 Å². The number of hydrogen-bond donors (Lipinski definition) is 0. The lowest BCUT2D eigenvalue weighted by Crippen LogP contribution is -2.16. The molecule has 3 heteroatoms. The maximum atomic E-state index is 11.6. The highest BCUT2D eigenvalue weighted by Crippen LogP contribution is 2.33. The van der Waals surface area contributed by atoms with E-state index in [9.17, 15) is 4.79 Å². The molecule has 0 N–H and O–H groups in total. The molecule has 1 saturated heterocycles. The Morgan fingerprint density at radius 2 is 2.13 bits per heavy atom. The molecular formula is C12H11NO2. The molecule has 0 spiro atoms. The molecule has 3 nitrogen and oxygen atoms in total. The third kappa shape index (κ3) is 1.27. The van der Waals surface area contributed by atoms with Crippen molar-refractivity contribution in [3.63, 3.8) is 0 Å². The van der Waals surface area contributed by atoms with Gasteiger partial charge in [0.15, 0.2) is 0 Å². The Morgan fingerprint density at radius 1 is 1.33 bits per heavy atom. The van der Waals surface area contributed by atoms with Crippen LogP contribution in [0.3, 0.4) is 0 Å². The SMILES string of the molecule is Cn1c(=O)ccc2cccc([C@H]3CO3)c21. The molecule has 1 atom stereocenters. The van der Waals surface area contributed by atoms with E-state index in [1.54, 1.807) is 17.7 Å². The van der Waals surface area contributed by atoms with Crippen LogP contribution in [-0.2, 0) is 11.8 Å². The van der Waals surface area contributed by atoms with Gasteiger partial charge in [-0.3, -0.25) is 4.79 Å². The molecule has 76 valence electrons. The molecule has 0 bridgehead atoms. The summed E-state index contributed by atoms with van der Waals surface area (Å²) in [5, 5.41) is 1.09. The Labute approximate surface area is 86.9 Å². The standard InChI is InChI=1S/C12H11NO2/c1-13-11(14)6-5-8-3-2-4-9(12(8)13)10-7-15-10/h2-6,10H,7H2,1H3/t10-/m1/s1. The molecule has 3 rings (SSSR count). The van der Waals surface area contributed by atoms with E-state index in [2.05, 4.69) is 0 Å². The Kier molecular flexibility index (Phi) is 1.70. The summed E-state index contributed by atoms with van der Waals surface area (Å²) in [4.78, 5) is 11.6. The zero-order valence-corrected chi connectivity index (χ0v) is 8.43. The maximum absolute atomic E-state index is 11.6. The van der Waals surface area contributed by atoms with Gasteiger partial charge in [-0.15, -0.1) is 0 Å². The first-order chi connectivity index (χ1) is 7.27. The number of para-hydroxylation sites is 1. The van der Waals surface area contributed by atoms with E-state index in [0.717, 1.165) is 23.1 Å². The van der Waals surface area contributed by atoms with E-state index >= 15 is 0 Å². The van der Waals surface area contributed by atoms with Crippen molar-refractivity contribution in [1.82, 2.24) is 4.57 Å². The molecule has 15 heavy (non-hydrogen) atoms. The number of aryl methyl sites for hydroxylation is 1. The van der Waals surface area contributed by atoms with Crippen molar-refractivity contribution in [2.45, 2.75) is 6.10 Å². The Morgan fingerprint density at radius 3 is 2.87 bits per heavy atom. The minimum absolute atomic E-state index is 0.0237. The van der Waals surface area contributed by atoms with E-state index in [1.807, 2.05) is 24.3 Å². The van der Waals surface area contributed by atoms with Gasteiger partial charge in [0.25, 0.3) is 5.56 Å². The van der Waals surface area contributed by atoms with Gasteiger partial charge in [-0.1, -0.05) is 18.2 Å². The molecule has 1 aliphatic rings. The molecule has 0 unspecified atom stereocenters. The lowest BCUT2D eigenvalue weighted by atomic mass is 10.1. The zero-order valence-electron chi connectivity index (χ0n) is 8.43. The molecule has 1 aromatic carbocycles. The highest BCUT2D eigenvalue weighted by molar-refractivity contribution is 5.82. The molecule has 0 radical (unpaired) electrons. The second-order valence-corrected chi connectivity index (χ2v) is 3.84. The number of nitrogens with zero attached hydrogens (tertiary/aromatic N) is 1. The number of ether oxygens (including phenoxy) is 1. The molecule has 0 saturated carbocycles. The third-order valence-electron chi connectivity index (χ3n) is 2.85. The Hall–Kier alpha value is -1.61. The van der Waals surface area contributed by atoms with Gasteiger partial charge >= 0.3 is 0 Å². The van der Waals surface area contributed by atoms with Gasteiger partial charge in [-0.05, 0) is 11.5 Å². The fraction of sp³-hybridized carbons (Fsp3) is 0.250. The summed E-state index contributed by atoms with van der Waals surface area (Å²) in [6.07, 6.45) is 0.182. The van der Waals surface area contributed by atoms with Crippen LogP contribution in [0, 0.1) is 0 Å². The number of rotatable bonds is 1. The first-order valence-corrected chi connectivity index (χ1v) is 4.97. The van der Waals surface area contributed by atoms with E-state index in [1.165, 1.54) is 0 Å². The predicted octanol–water partition coefficient (Wildman–Crippen LogP) is 1.61. The summed E-state index contributed by atoms with van der Waals surface area (Å²) in [6, 6.07) is 9.51. The molecule has 1 aliphatic heterocycles. The first kappa shape index (κ1) is 8.68. The molecule has 2 heterocycles. The predicted molar refractivity (Wildman–Crippen MR) is 57.9 cm³/mol. The molecule has 0 aliphatic carbocycles. The van der Waals surface area contributed by atoms with Crippen molar-refractivity contribution in [3.8, 4) is 0 Å². The number of epoxide rings is 1. The average Bonchev–Trinajstić information content (AvgIpc) is 3.06. The van der Waals surface area contributed by atoms with Gasteiger partial charge in [0, 0.05) is 18.7 Å². The minimum atomic E-state index is 0.0237. The highest BCUT2D eigenvalue weighted by atomic mass is 16.6. The van der Waals surface area contributed by atoms with Crippen LogP contribution in [-0.4, -0.2) is 11.2 Å². The zero-order chi connectivity index (χ0) is 10.4. The largest absolute Gasteiger partial charge is 0.368 e. The van der Waals surface area contributed by atoms with Gasteiger partial charge in [-0.25, -0.2) is 0 Å². The van der Waals surface area contributed by atoms with Crippen LogP contribution in [0.1, 0.15) is 11.7 Å². The third-order valence-corrected chi connectivity index (χ3v) is 2.85. The quantitative estimate of drug-likeness (QED) is 0.657. The molecule has 0 amide bonds. The fourth-order valence-corrected chi connectivity index (χ4v) is 1.97. The average molecular weight is 201 g/mol. The number of pyridine rings is 1. The monoisotopic (exact) mass is 201 g/mol. The van der Waals surface area contributed by atoms with E-state index in [4.69, 9.17) is 4.74 Å². The van der Waals surface area contributed by atoms with Gasteiger partial charge < -0.3 is 9.30 Å². The van der Waals surface area contributed by atoms with Crippen molar-refractivity contribution < 1.29 is 4.74 Å². The summed E-state index contributed by atoms with van der Waals surface area (Å²) >= 11 is 0. The van der Waals surface area contributed by atoms with Crippen LogP contribution in [0.15, 0.2) is 35.1 Å². The molecule has 1 aromatic heterocycles. The second-order valence-electron chi connectivity index (χ2n) is 3.84. The highest BCUT2D eigenvalue weighted by Gasteiger charge is 2.27. The first-order valence-electron chi connectivity index (χ1n) is 4.97. The Balaban J connectivity index is 2.44. The summed E-state index contributed by atoms with van der Waals surface area (Å²) in [7, 11) is 1.80. The normalized spacial score (nSPS) is 19.4.